The lowest BCUT2D eigenvalue weighted by molar-refractivity contribution is 0.816. The molecular formula is C27H34N2. The second-order valence-electron chi connectivity index (χ2n) is 7.28. The van der Waals surface area contributed by atoms with E-state index in [0.717, 1.165) is 29.9 Å². The highest BCUT2D eigenvalue weighted by Gasteiger charge is 1.93. The SMILES string of the molecule is CCCCC=Cc1ccc(N=CC(C)=Nc2ccc(C=CCCCC)cc2)cc1. The molecule has 0 aliphatic carbocycles. The Balaban J connectivity index is 1.90. The Hall–Kier alpha value is -2.74. The standard InChI is InChI=1S/C27H34N2/c1-4-6-8-10-12-24-14-18-26(19-15-24)28-22-23(3)29-27-20-16-25(17-21-27)13-11-9-7-5-2/h10-22H,4-9H2,1-3H3. The number of allylic oxidation sites excluding steroid dienone is 2. The van der Waals surface area contributed by atoms with Crippen LogP contribution < -0.4 is 0 Å². The third-order valence-corrected chi connectivity index (χ3v) is 4.56. The van der Waals surface area contributed by atoms with Crippen molar-refractivity contribution in [1.29, 1.82) is 0 Å². The molecular weight excluding hydrogens is 352 g/mol. The third kappa shape index (κ3) is 9.34. The first kappa shape index (κ1) is 22.5. The van der Waals surface area contributed by atoms with E-state index in [2.05, 4.69) is 84.5 Å². The topological polar surface area (TPSA) is 24.7 Å². The first-order valence-electron chi connectivity index (χ1n) is 10.8. The largest absolute Gasteiger partial charge is 0.255 e. The number of nitrogens with zero attached hydrogens (tertiary/aromatic N) is 2. The van der Waals surface area contributed by atoms with Gasteiger partial charge >= 0.3 is 0 Å². The van der Waals surface area contributed by atoms with Gasteiger partial charge in [0.25, 0.3) is 0 Å². The molecule has 0 spiro atoms. The number of hydrogen-bond acceptors (Lipinski definition) is 2. The monoisotopic (exact) mass is 386 g/mol. The highest BCUT2D eigenvalue weighted by Crippen LogP contribution is 2.16. The summed E-state index contributed by atoms with van der Waals surface area (Å²) in [7, 11) is 0. The maximum atomic E-state index is 4.63. The van der Waals surface area contributed by atoms with Crippen LogP contribution in [0.5, 0.6) is 0 Å². The van der Waals surface area contributed by atoms with Crippen LogP contribution in [0.15, 0.2) is 70.7 Å². The van der Waals surface area contributed by atoms with Gasteiger partial charge in [0.2, 0.25) is 0 Å². The fourth-order valence-corrected chi connectivity index (χ4v) is 2.81. The molecule has 2 aromatic carbocycles. The zero-order valence-corrected chi connectivity index (χ0v) is 18.1. The molecule has 0 saturated heterocycles. The van der Waals surface area contributed by atoms with E-state index < -0.39 is 0 Å². The van der Waals surface area contributed by atoms with Crippen LogP contribution in [0.4, 0.5) is 11.4 Å². The molecule has 0 saturated carbocycles. The summed E-state index contributed by atoms with van der Waals surface area (Å²) < 4.78 is 0. The molecule has 2 heteroatoms. The molecule has 29 heavy (non-hydrogen) atoms. The van der Waals surface area contributed by atoms with Crippen molar-refractivity contribution in [3.63, 3.8) is 0 Å². The average molecular weight is 387 g/mol. The van der Waals surface area contributed by atoms with Gasteiger partial charge in [-0.05, 0) is 55.2 Å². The quantitative estimate of drug-likeness (QED) is 0.273. The van der Waals surface area contributed by atoms with Crippen LogP contribution in [-0.4, -0.2) is 11.9 Å². The van der Waals surface area contributed by atoms with Gasteiger partial charge in [0, 0.05) is 6.21 Å². The van der Waals surface area contributed by atoms with Crippen molar-refractivity contribution in [3.05, 3.63) is 71.8 Å². The van der Waals surface area contributed by atoms with E-state index in [0.29, 0.717) is 0 Å². The number of unbranched alkanes of at least 4 members (excludes halogenated alkanes) is 4. The van der Waals surface area contributed by atoms with Gasteiger partial charge in [-0.15, -0.1) is 0 Å². The number of rotatable bonds is 11. The van der Waals surface area contributed by atoms with Crippen LogP contribution >= 0.6 is 0 Å². The van der Waals surface area contributed by atoms with E-state index in [4.69, 9.17) is 0 Å². The highest BCUT2D eigenvalue weighted by molar-refractivity contribution is 6.30. The molecule has 0 aliphatic heterocycles. The summed E-state index contributed by atoms with van der Waals surface area (Å²) in [6.07, 6.45) is 17.9. The molecule has 0 unspecified atom stereocenters. The number of aliphatic imine (C=N–C) groups is 2. The molecule has 0 aliphatic rings. The minimum absolute atomic E-state index is 0.889. The van der Waals surface area contributed by atoms with Gasteiger partial charge in [-0.1, -0.05) is 88.1 Å². The summed E-state index contributed by atoms with van der Waals surface area (Å²) >= 11 is 0. The lowest BCUT2D eigenvalue weighted by Crippen LogP contribution is -1.90. The molecule has 0 atom stereocenters. The molecule has 0 amide bonds. The molecule has 0 N–H and O–H groups in total. The van der Waals surface area contributed by atoms with Gasteiger partial charge in [-0.2, -0.15) is 0 Å². The van der Waals surface area contributed by atoms with Crippen molar-refractivity contribution in [1.82, 2.24) is 0 Å². The van der Waals surface area contributed by atoms with E-state index in [1.54, 1.807) is 0 Å². The van der Waals surface area contributed by atoms with Gasteiger partial charge < -0.3 is 0 Å². The molecule has 0 aromatic heterocycles. The van der Waals surface area contributed by atoms with Crippen LogP contribution in [0.3, 0.4) is 0 Å². The minimum atomic E-state index is 0.889. The van der Waals surface area contributed by atoms with Crippen molar-refractivity contribution in [2.45, 2.75) is 59.3 Å². The van der Waals surface area contributed by atoms with E-state index >= 15 is 0 Å². The van der Waals surface area contributed by atoms with E-state index in [9.17, 15) is 0 Å². The van der Waals surface area contributed by atoms with Crippen LogP contribution in [0.2, 0.25) is 0 Å². The third-order valence-electron chi connectivity index (χ3n) is 4.56. The molecule has 2 aromatic rings. The maximum Gasteiger partial charge on any atom is 0.0633 e. The summed E-state index contributed by atoms with van der Waals surface area (Å²) in [5, 5.41) is 0. The second-order valence-corrected chi connectivity index (χ2v) is 7.28. The lowest BCUT2D eigenvalue weighted by atomic mass is 10.1. The van der Waals surface area contributed by atoms with Gasteiger partial charge in [-0.3, -0.25) is 9.98 Å². The van der Waals surface area contributed by atoms with Crippen molar-refractivity contribution >= 4 is 35.5 Å². The Morgan fingerprint density at radius 3 is 1.69 bits per heavy atom. The average Bonchev–Trinajstić information content (AvgIpc) is 2.75. The first-order chi connectivity index (χ1) is 14.2. The Morgan fingerprint density at radius 2 is 1.21 bits per heavy atom. The van der Waals surface area contributed by atoms with Crippen LogP contribution in [0.1, 0.15) is 70.4 Å². The summed E-state index contributed by atoms with van der Waals surface area (Å²) in [5.74, 6) is 0. The molecule has 0 heterocycles. The van der Waals surface area contributed by atoms with Gasteiger partial charge in [0.1, 0.15) is 0 Å². The molecule has 2 rings (SSSR count). The van der Waals surface area contributed by atoms with E-state index in [1.807, 2.05) is 25.3 Å². The van der Waals surface area contributed by atoms with Crippen molar-refractivity contribution in [2.75, 3.05) is 0 Å². The van der Waals surface area contributed by atoms with Crippen LogP contribution in [0.25, 0.3) is 12.2 Å². The molecule has 0 radical (unpaired) electrons. The Bertz CT molecular complexity index is 822. The zero-order valence-electron chi connectivity index (χ0n) is 18.1. The van der Waals surface area contributed by atoms with Crippen LogP contribution in [0, 0.1) is 0 Å². The van der Waals surface area contributed by atoms with Gasteiger partial charge in [-0.25, -0.2) is 0 Å². The fraction of sp³-hybridized carbons (Fsp3) is 0.333. The normalized spacial score (nSPS) is 12.6. The van der Waals surface area contributed by atoms with Crippen LogP contribution in [-0.2, 0) is 0 Å². The lowest BCUT2D eigenvalue weighted by Gasteiger charge is -1.99. The predicted molar refractivity (Wildman–Crippen MR) is 131 cm³/mol. The van der Waals surface area contributed by atoms with Crippen molar-refractivity contribution in [2.24, 2.45) is 9.98 Å². The Labute approximate surface area is 176 Å². The van der Waals surface area contributed by atoms with Gasteiger partial charge in [0.15, 0.2) is 0 Å². The number of hydrogen-bond donors (Lipinski definition) is 0. The summed E-state index contributed by atoms with van der Waals surface area (Å²) in [6, 6.07) is 16.6. The molecule has 2 nitrogen and oxygen atoms in total. The zero-order chi connectivity index (χ0) is 20.7. The maximum absolute atomic E-state index is 4.63. The molecule has 152 valence electrons. The fourth-order valence-electron chi connectivity index (χ4n) is 2.81. The van der Waals surface area contributed by atoms with E-state index in [1.165, 1.54) is 36.8 Å². The summed E-state index contributed by atoms with van der Waals surface area (Å²) in [6.45, 7) is 6.41. The second kappa shape index (κ2) is 13.4. The van der Waals surface area contributed by atoms with Crippen molar-refractivity contribution < 1.29 is 0 Å². The first-order valence-corrected chi connectivity index (χ1v) is 10.8. The highest BCUT2D eigenvalue weighted by atomic mass is 14.8. The predicted octanol–water partition coefficient (Wildman–Crippen LogP) is 8.59. The Morgan fingerprint density at radius 1 is 0.724 bits per heavy atom. The van der Waals surface area contributed by atoms with E-state index in [-0.39, 0.29) is 0 Å². The Kier molecular flexibility index (Phi) is 10.4. The molecule has 0 fully saturated rings. The number of benzene rings is 2. The molecule has 0 bridgehead atoms. The van der Waals surface area contributed by atoms with Gasteiger partial charge in [0.05, 0.1) is 17.1 Å². The smallest absolute Gasteiger partial charge is 0.0633 e. The minimum Gasteiger partial charge on any atom is -0.255 e. The summed E-state index contributed by atoms with van der Waals surface area (Å²) in [5.41, 5.74) is 5.22. The van der Waals surface area contributed by atoms with Crippen molar-refractivity contribution in [3.8, 4) is 0 Å². The summed E-state index contributed by atoms with van der Waals surface area (Å²) in [4.78, 5) is 9.17.